The molecule has 0 aliphatic rings. The van der Waals surface area contributed by atoms with Gasteiger partial charge >= 0.3 is 60.4 Å². The van der Waals surface area contributed by atoms with Crippen LogP contribution in [-0.4, -0.2) is 70.6 Å². The summed E-state index contributed by atoms with van der Waals surface area (Å²) in [6.07, 6.45) is 1.62. The first kappa shape index (κ1) is 21.8. The normalized spacial score (nSPS) is 10.2. The first-order valence-electron chi connectivity index (χ1n) is 4.86. The molecule has 0 spiro atoms. The van der Waals surface area contributed by atoms with Crippen LogP contribution in [0.4, 0.5) is 0 Å². The van der Waals surface area contributed by atoms with Crippen molar-refractivity contribution in [2.45, 2.75) is 40.0 Å². The van der Waals surface area contributed by atoms with Gasteiger partial charge < -0.3 is 10.2 Å². The van der Waals surface area contributed by atoms with Gasteiger partial charge in [-0.25, -0.2) is 0 Å². The fourth-order valence-corrected chi connectivity index (χ4v) is 1.54. The molecule has 86 valence electrons. The summed E-state index contributed by atoms with van der Waals surface area (Å²) in [4.78, 5) is 22.1. The third kappa shape index (κ3) is 4.81. The fourth-order valence-electron chi connectivity index (χ4n) is 1.54. The molecule has 0 aliphatic heterocycles. The Morgan fingerprint density at radius 1 is 1.19 bits per heavy atom. The van der Waals surface area contributed by atoms with Gasteiger partial charge in [0.25, 0.3) is 0 Å². The predicted octanol–water partition coefficient (Wildman–Crippen LogP) is 0.691. The van der Waals surface area contributed by atoms with Crippen LogP contribution in [0.15, 0.2) is 0 Å². The Balaban J connectivity index is -0.000000845. The summed E-state index contributed by atoms with van der Waals surface area (Å²) >= 11 is 0. The van der Waals surface area contributed by atoms with Crippen molar-refractivity contribution in [3.8, 4) is 0 Å². The molecule has 0 aromatic carbocycles. The van der Waals surface area contributed by atoms with Gasteiger partial charge in [0, 0.05) is 0 Å². The SMILES string of the molecule is CCCCC(C(=O)O)(C(=O)O)C(C)C.[LiH].[NaH]. The zero-order valence-corrected chi connectivity index (χ0v) is 8.91. The van der Waals surface area contributed by atoms with Crippen LogP contribution in [-0.2, 0) is 9.59 Å². The molecule has 0 aromatic rings. The molecule has 6 heteroatoms. The molecule has 0 bridgehead atoms. The van der Waals surface area contributed by atoms with Gasteiger partial charge in [0.05, 0.1) is 0 Å². The summed E-state index contributed by atoms with van der Waals surface area (Å²) in [6.45, 7) is 5.19. The topological polar surface area (TPSA) is 74.6 Å². The van der Waals surface area contributed by atoms with Gasteiger partial charge in [0.1, 0.15) is 0 Å². The molecule has 2 N–H and O–H groups in total. The molecule has 0 amide bonds. The number of unbranched alkanes of at least 4 members (excludes halogenated alkanes) is 1. The molecule has 16 heavy (non-hydrogen) atoms. The summed E-state index contributed by atoms with van der Waals surface area (Å²) in [6, 6.07) is 0. The van der Waals surface area contributed by atoms with Crippen molar-refractivity contribution >= 4 is 60.4 Å². The van der Waals surface area contributed by atoms with Gasteiger partial charge in [-0.3, -0.25) is 9.59 Å². The van der Waals surface area contributed by atoms with E-state index < -0.39 is 23.3 Å². The number of carboxylic acids is 2. The molecule has 0 fully saturated rings. The molecule has 0 radical (unpaired) electrons. The minimum atomic E-state index is -1.62. The number of hydrogen-bond acceptors (Lipinski definition) is 2. The standard InChI is InChI=1S/C10H18O4.Li.Na.2H/c1-4-5-6-10(7(2)3,8(11)12)9(13)14;;;;/h7H,4-6H2,1-3H3,(H,11,12)(H,13,14);;;;. The maximum atomic E-state index is 11.0. The second-order valence-corrected chi connectivity index (χ2v) is 3.84. The summed E-state index contributed by atoms with van der Waals surface area (Å²) in [5, 5.41) is 18.0. The Hall–Kier alpha value is 0.537. The molecule has 0 unspecified atom stereocenters. The van der Waals surface area contributed by atoms with Gasteiger partial charge in [-0.2, -0.15) is 0 Å². The average molecular weight is 234 g/mol. The van der Waals surface area contributed by atoms with E-state index in [2.05, 4.69) is 0 Å². The van der Waals surface area contributed by atoms with Crippen molar-refractivity contribution in [3.05, 3.63) is 0 Å². The molecular weight excluding hydrogens is 214 g/mol. The molecule has 0 saturated heterocycles. The molecule has 0 saturated carbocycles. The number of rotatable bonds is 6. The van der Waals surface area contributed by atoms with E-state index in [0.29, 0.717) is 6.42 Å². The van der Waals surface area contributed by atoms with E-state index in [9.17, 15) is 9.59 Å². The van der Waals surface area contributed by atoms with Crippen LogP contribution >= 0.6 is 0 Å². The Bertz CT molecular complexity index is 217. The van der Waals surface area contributed by atoms with Crippen molar-refractivity contribution in [1.29, 1.82) is 0 Å². The molecule has 4 nitrogen and oxygen atoms in total. The van der Waals surface area contributed by atoms with Crippen molar-refractivity contribution < 1.29 is 19.8 Å². The molecule has 0 aromatic heterocycles. The number of aliphatic carboxylic acids is 2. The van der Waals surface area contributed by atoms with E-state index in [1.807, 2.05) is 6.92 Å². The van der Waals surface area contributed by atoms with Gasteiger partial charge in [-0.05, 0) is 12.3 Å². The number of carboxylic acid groups (broad SMARTS) is 2. The van der Waals surface area contributed by atoms with Crippen LogP contribution in [0.5, 0.6) is 0 Å². The summed E-state index contributed by atoms with van der Waals surface area (Å²) in [5.74, 6) is -2.86. The fraction of sp³-hybridized carbons (Fsp3) is 0.800. The zero-order chi connectivity index (χ0) is 11.4. The predicted molar refractivity (Wildman–Crippen MR) is 66.4 cm³/mol. The number of hydrogen-bond donors (Lipinski definition) is 2. The number of carbonyl (C=O) groups is 2. The van der Waals surface area contributed by atoms with E-state index >= 15 is 0 Å². The van der Waals surface area contributed by atoms with E-state index in [-0.39, 0.29) is 54.8 Å². The van der Waals surface area contributed by atoms with Crippen molar-refractivity contribution in [2.75, 3.05) is 0 Å². The van der Waals surface area contributed by atoms with Gasteiger partial charge in [0.15, 0.2) is 5.41 Å². The molecule has 0 aliphatic carbocycles. The van der Waals surface area contributed by atoms with E-state index in [1.165, 1.54) is 0 Å². The second kappa shape index (κ2) is 9.56. The Morgan fingerprint density at radius 2 is 1.56 bits per heavy atom. The molecule has 0 atom stereocenters. The van der Waals surface area contributed by atoms with Gasteiger partial charge in [-0.15, -0.1) is 0 Å². The van der Waals surface area contributed by atoms with E-state index in [0.717, 1.165) is 6.42 Å². The zero-order valence-electron chi connectivity index (χ0n) is 8.91. The molecule has 0 rings (SSSR count). The van der Waals surface area contributed by atoms with Crippen LogP contribution in [0, 0.1) is 11.3 Å². The summed E-state index contributed by atoms with van der Waals surface area (Å²) in [5.41, 5.74) is -1.62. The average Bonchev–Trinajstić information content (AvgIpc) is 2.03. The van der Waals surface area contributed by atoms with Crippen LogP contribution in [0.1, 0.15) is 40.0 Å². The van der Waals surface area contributed by atoms with Crippen LogP contribution in [0.25, 0.3) is 0 Å². The summed E-state index contributed by atoms with van der Waals surface area (Å²) in [7, 11) is 0. The molecule has 0 heterocycles. The summed E-state index contributed by atoms with van der Waals surface area (Å²) < 4.78 is 0. The van der Waals surface area contributed by atoms with E-state index in [1.54, 1.807) is 13.8 Å². The van der Waals surface area contributed by atoms with Gasteiger partial charge in [-0.1, -0.05) is 33.6 Å². The maximum absolute atomic E-state index is 11.0. The Labute approximate surface area is 131 Å². The van der Waals surface area contributed by atoms with Crippen LogP contribution in [0.2, 0.25) is 0 Å². The van der Waals surface area contributed by atoms with Gasteiger partial charge in [0.2, 0.25) is 0 Å². The van der Waals surface area contributed by atoms with Crippen LogP contribution in [0.3, 0.4) is 0 Å². The first-order valence-corrected chi connectivity index (χ1v) is 4.86. The van der Waals surface area contributed by atoms with Crippen molar-refractivity contribution in [1.82, 2.24) is 0 Å². The quantitative estimate of drug-likeness (QED) is 0.523. The minimum absolute atomic E-state index is 0. The Kier molecular flexibility index (Phi) is 13.0. The van der Waals surface area contributed by atoms with Crippen LogP contribution < -0.4 is 0 Å². The second-order valence-electron chi connectivity index (χ2n) is 3.84. The monoisotopic (exact) mass is 234 g/mol. The van der Waals surface area contributed by atoms with Crippen molar-refractivity contribution in [2.24, 2.45) is 11.3 Å². The van der Waals surface area contributed by atoms with E-state index in [4.69, 9.17) is 10.2 Å². The first-order chi connectivity index (χ1) is 6.39. The molecular formula is C10H20LiNaO4. The third-order valence-electron chi connectivity index (χ3n) is 2.67. The van der Waals surface area contributed by atoms with Crippen molar-refractivity contribution in [3.63, 3.8) is 0 Å². The third-order valence-corrected chi connectivity index (χ3v) is 2.67. The Morgan fingerprint density at radius 3 is 1.75 bits per heavy atom.